The zero-order valence-corrected chi connectivity index (χ0v) is 12.1. The highest BCUT2D eigenvalue weighted by Crippen LogP contribution is 2.14. The standard InChI is InChI=1S/C12H16INO3/c1-9(7-16-2)14-12(15)8-17-11-5-3-4-10(13)6-11/h3-6,9H,7-8H2,1-2H3,(H,14,15). The first-order chi connectivity index (χ1) is 8.11. The van der Waals surface area contributed by atoms with Gasteiger partial charge in [0.05, 0.1) is 6.61 Å². The summed E-state index contributed by atoms with van der Waals surface area (Å²) in [7, 11) is 1.60. The maximum Gasteiger partial charge on any atom is 0.258 e. The van der Waals surface area contributed by atoms with Gasteiger partial charge < -0.3 is 14.8 Å². The van der Waals surface area contributed by atoms with Gasteiger partial charge in [0.2, 0.25) is 0 Å². The zero-order valence-electron chi connectivity index (χ0n) is 9.90. The predicted octanol–water partition coefficient (Wildman–Crippen LogP) is 1.82. The van der Waals surface area contributed by atoms with Crippen LogP contribution in [0.5, 0.6) is 5.75 Å². The maximum atomic E-state index is 11.5. The molecule has 0 fully saturated rings. The first-order valence-corrected chi connectivity index (χ1v) is 6.36. The van der Waals surface area contributed by atoms with E-state index in [9.17, 15) is 4.79 Å². The van der Waals surface area contributed by atoms with Crippen LogP contribution in [0.4, 0.5) is 0 Å². The summed E-state index contributed by atoms with van der Waals surface area (Å²) in [6, 6.07) is 7.56. The minimum Gasteiger partial charge on any atom is -0.484 e. The highest BCUT2D eigenvalue weighted by atomic mass is 127. The molecule has 0 saturated heterocycles. The Kier molecular flexibility index (Phi) is 6.28. The minimum absolute atomic E-state index is 0.00740. The van der Waals surface area contributed by atoms with E-state index in [1.54, 1.807) is 7.11 Å². The molecule has 0 aromatic heterocycles. The van der Waals surface area contributed by atoms with E-state index in [4.69, 9.17) is 9.47 Å². The normalized spacial score (nSPS) is 11.9. The van der Waals surface area contributed by atoms with Gasteiger partial charge in [0.25, 0.3) is 5.91 Å². The average Bonchev–Trinajstić information content (AvgIpc) is 2.27. The Labute approximate surface area is 115 Å². The van der Waals surface area contributed by atoms with Crippen LogP contribution in [-0.4, -0.2) is 32.3 Å². The van der Waals surface area contributed by atoms with Crippen LogP contribution < -0.4 is 10.1 Å². The third kappa shape index (κ3) is 5.88. The van der Waals surface area contributed by atoms with Gasteiger partial charge in [0, 0.05) is 16.7 Å². The van der Waals surface area contributed by atoms with Crippen LogP contribution in [0.1, 0.15) is 6.92 Å². The van der Waals surface area contributed by atoms with Gasteiger partial charge in [-0.3, -0.25) is 4.79 Å². The first kappa shape index (κ1) is 14.2. The Morgan fingerprint density at radius 2 is 2.29 bits per heavy atom. The lowest BCUT2D eigenvalue weighted by Gasteiger charge is -2.13. The first-order valence-electron chi connectivity index (χ1n) is 5.28. The fraction of sp³-hybridized carbons (Fsp3) is 0.417. The molecule has 0 heterocycles. The number of hydrogen-bond donors (Lipinski definition) is 1. The van der Waals surface area contributed by atoms with E-state index in [-0.39, 0.29) is 18.6 Å². The molecule has 1 unspecified atom stereocenters. The highest BCUT2D eigenvalue weighted by molar-refractivity contribution is 14.1. The number of rotatable bonds is 6. The Hall–Kier alpha value is -0.820. The number of benzene rings is 1. The summed E-state index contributed by atoms with van der Waals surface area (Å²) in [5, 5.41) is 2.77. The monoisotopic (exact) mass is 349 g/mol. The van der Waals surface area contributed by atoms with Crippen molar-refractivity contribution in [3.8, 4) is 5.75 Å². The SMILES string of the molecule is COCC(C)NC(=O)COc1cccc(I)c1. The van der Waals surface area contributed by atoms with Gasteiger partial charge >= 0.3 is 0 Å². The van der Waals surface area contributed by atoms with E-state index < -0.39 is 0 Å². The van der Waals surface area contributed by atoms with E-state index in [1.165, 1.54) is 0 Å². The summed E-state index contributed by atoms with van der Waals surface area (Å²) < 4.78 is 11.4. The fourth-order valence-corrected chi connectivity index (χ4v) is 1.83. The number of halogens is 1. The van der Waals surface area contributed by atoms with Crippen molar-refractivity contribution in [1.29, 1.82) is 0 Å². The summed E-state index contributed by atoms with van der Waals surface area (Å²) >= 11 is 2.20. The molecule has 5 heteroatoms. The van der Waals surface area contributed by atoms with Crippen molar-refractivity contribution < 1.29 is 14.3 Å². The van der Waals surface area contributed by atoms with Crippen molar-refractivity contribution in [1.82, 2.24) is 5.32 Å². The summed E-state index contributed by atoms with van der Waals surface area (Å²) in [6.07, 6.45) is 0. The van der Waals surface area contributed by atoms with Crippen molar-refractivity contribution in [3.05, 3.63) is 27.8 Å². The van der Waals surface area contributed by atoms with Gasteiger partial charge in [0.15, 0.2) is 6.61 Å². The van der Waals surface area contributed by atoms with E-state index >= 15 is 0 Å². The summed E-state index contributed by atoms with van der Waals surface area (Å²) in [5.74, 6) is 0.555. The van der Waals surface area contributed by atoms with E-state index in [0.29, 0.717) is 12.4 Å². The molecule has 1 N–H and O–H groups in total. The maximum absolute atomic E-state index is 11.5. The number of carbonyl (C=O) groups is 1. The predicted molar refractivity (Wildman–Crippen MR) is 74.1 cm³/mol. The van der Waals surface area contributed by atoms with Crippen molar-refractivity contribution in [2.24, 2.45) is 0 Å². The van der Waals surface area contributed by atoms with Crippen LogP contribution in [-0.2, 0) is 9.53 Å². The summed E-state index contributed by atoms with van der Waals surface area (Å²) in [6.45, 7) is 2.40. The van der Waals surface area contributed by atoms with Crippen LogP contribution in [0, 0.1) is 3.57 Å². The molecule has 1 aromatic rings. The number of carbonyl (C=O) groups excluding carboxylic acids is 1. The van der Waals surface area contributed by atoms with E-state index in [1.807, 2.05) is 31.2 Å². The number of methoxy groups -OCH3 is 1. The lowest BCUT2D eigenvalue weighted by atomic mass is 10.3. The molecule has 1 aromatic carbocycles. The Bertz CT molecular complexity index is 371. The van der Waals surface area contributed by atoms with E-state index in [0.717, 1.165) is 3.57 Å². The molecule has 0 bridgehead atoms. The molecule has 94 valence electrons. The van der Waals surface area contributed by atoms with Gasteiger partial charge in [-0.15, -0.1) is 0 Å². The highest BCUT2D eigenvalue weighted by Gasteiger charge is 2.07. The molecule has 0 aliphatic carbocycles. The van der Waals surface area contributed by atoms with Crippen LogP contribution in [0.2, 0.25) is 0 Å². The van der Waals surface area contributed by atoms with Crippen molar-refractivity contribution in [2.75, 3.05) is 20.3 Å². The van der Waals surface area contributed by atoms with Crippen LogP contribution in [0.3, 0.4) is 0 Å². The number of amides is 1. The third-order valence-corrected chi connectivity index (χ3v) is 2.66. The molecule has 0 spiro atoms. The number of hydrogen-bond acceptors (Lipinski definition) is 3. The minimum atomic E-state index is -0.145. The van der Waals surface area contributed by atoms with Crippen LogP contribution in [0.25, 0.3) is 0 Å². The lowest BCUT2D eigenvalue weighted by molar-refractivity contribution is -0.124. The molecule has 0 saturated carbocycles. The van der Waals surface area contributed by atoms with Crippen molar-refractivity contribution >= 4 is 28.5 Å². The molecule has 0 radical (unpaired) electrons. The molecular formula is C12H16INO3. The van der Waals surface area contributed by atoms with Gasteiger partial charge in [-0.05, 0) is 47.7 Å². The Morgan fingerprint density at radius 1 is 1.53 bits per heavy atom. The second-order valence-electron chi connectivity index (χ2n) is 3.67. The van der Waals surface area contributed by atoms with E-state index in [2.05, 4.69) is 27.9 Å². The van der Waals surface area contributed by atoms with Gasteiger partial charge in [-0.1, -0.05) is 6.07 Å². The smallest absolute Gasteiger partial charge is 0.258 e. The topological polar surface area (TPSA) is 47.6 Å². The molecule has 17 heavy (non-hydrogen) atoms. The molecule has 0 aliphatic heterocycles. The summed E-state index contributed by atoms with van der Waals surface area (Å²) in [4.78, 5) is 11.5. The van der Waals surface area contributed by atoms with Crippen molar-refractivity contribution in [2.45, 2.75) is 13.0 Å². The molecule has 1 amide bonds. The Balaban J connectivity index is 2.33. The second-order valence-corrected chi connectivity index (χ2v) is 4.92. The number of nitrogens with one attached hydrogen (secondary N) is 1. The second kappa shape index (κ2) is 7.50. The van der Waals surface area contributed by atoms with Crippen LogP contribution in [0.15, 0.2) is 24.3 Å². The summed E-state index contributed by atoms with van der Waals surface area (Å²) in [5.41, 5.74) is 0. The van der Waals surface area contributed by atoms with Crippen molar-refractivity contribution in [3.63, 3.8) is 0 Å². The van der Waals surface area contributed by atoms with Gasteiger partial charge in [-0.25, -0.2) is 0 Å². The molecular weight excluding hydrogens is 333 g/mol. The quantitative estimate of drug-likeness (QED) is 0.797. The van der Waals surface area contributed by atoms with Crippen LogP contribution >= 0.6 is 22.6 Å². The number of ether oxygens (including phenoxy) is 2. The third-order valence-electron chi connectivity index (χ3n) is 1.99. The zero-order chi connectivity index (χ0) is 12.7. The fourth-order valence-electron chi connectivity index (χ4n) is 1.31. The van der Waals surface area contributed by atoms with Gasteiger partial charge in [-0.2, -0.15) is 0 Å². The lowest BCUT2D eigenvalue weighted by Crippen LogP contribution is -2.38. The molecule has 0 aliphatic rings. The molecule has 1 atom stereocenters. The molecule has 1 rings (SSSR count). The largest absolute Gasteiger partial charge is 0.484 e. The molecule has 4 nitrogen and oxygen atoms in total. The van der Waals surface area contributed by atoms with Gasteiger partial charge in [0.1, 0.15) is 5.75 Å². The average molecular weight is 349 g/mol. The Morgan fingerprint density at radius 3 is 2.94 bits per heavy atom.